The molecule has 1 fully saturated rings. The SMILES string of the molecule is CN(CC(O)C1CC1)C(=O)c1cccc2c1ccn2C. The lowest BCUT2D eigenvalue weighted by Gasteiger charge is -2.21. The number of carbonyl (C=O) groups is 1. The Bertz CT molecular complexity index is 643. The van der Waals surface area contributed by atoms with Gasteiger partial charge in [-0.25, -0.2) is 0 Å². The Kier molecular flexibility index (Phi) is 3.26. The van der Waals surface area contributed by atoms with Crippen LogP contribution < -0.4 is 0 Å². The number of rotatable bonds is 4. The van der Waals surface area contributed by atoms with Crippen LogP contribution in [0.1, 0.15) is 23.2 Å². The molecule has 1 atom stereocenters. The van der Waals surface area contributed by atoms with E-state index in [1.54, 1.807) is 11.9 Å². The van der Waals surface area contributed by atoms with Crippen LogP contribution in [0.3, 0.4) is 0 Å². The molecule has 1 aliphatic carbocycles. The summed E-state index contributed by atoms with van der Waals surface area (Å²) in [6, 6.07) is 7.73. The molecular formula is C16H20N2O2. The fraction of sp³-hybridized carbons (Fsp3) is 0.438. The number of aromatic nitrogens is 1. The molecule has 2 aromatic rings. The van der Waals surface area contributed by atoms with Crippen LogP contribution in [0.2, 0.25) is 0 Å². The van der Waals surface area contributed by atoms with Gasteiger partial charge in [0.1, 0.15) is 0 Å². The van der Waals surface area contributed by atoms with E-state index in [0.29, 0.717) is 18.0 Å². The molecule has 1 aromatic carbocycles. The molecule has 106 valence electrons. The van der Waals surface area contributed by atoms with Crippen molar-refractivity contribution >= 4 is 16.8 Å². The first-order valence-corrected chi connectivity index (χ1v) is 7.05. The summed E-state index contributed by atoms with van der Waals surface area (Å²) in [6.07, 6.45) is 3.73. The van der Waals surface area contributed by atoms with E-state index in [4.69, 9.17) is 0 Å². The van der Waals surface area contributed by atoms with E-state index < -0.39 is 0 Å². The topological polar surface area (TPSA) is 45.5 Å². The van der Waals surface area contributed by atoms with Gasteiger partial charge in [-0.1, -0.05) is 6.07 Å². The first kappa shape index (κ1) is 13.2. The molecule has 1 saturated carbocycles. The number of amides is 1. The van der Waals surface area contributed by atoms with Gasteiger partial charge in [-0.2, -0.15) is 0 Å². The molecule has 1 heterocycles. The van der Waals surface area contributed by atoms with Crippen molar-refractivity contribution in [2.75, 3.05) is 13.6 Å². The standard InChI is InChI=1S/C16H20N2O2/c1-17-9-8-12-13(4-3-5-14(12)17)16(20)18(2)10-15(19)11-6-7-11/h3-5,8-9,11,15,19H,6-7,10H2,1-2H3. The van der Waals surface area contributed by atoms with Crippen LogP contribution in [0.15, 0.2) is 30.5 Å². The minimum Gasteiger partial charge on any atom is -0.391 e. The summed E-state index contributed by atoms with van der Waals surface area (Å²) < 4.78 is 2.01. The molecule has 0 spiro atoms. The predicted octanol–water partition coefficient (Wildman–Crippen LogP) is 2.02. The number of hydrogen-bond donors (Lipinski definition) is 1. The van der Waals surface area contributed by atoms with E-state index in [0.717, 1.165) is 23.7 Å². The van der Waals surface area contributed by atoms with Gasteiger partial charge in [0, 0.05) is 43.3 Å². The van der Waals surface area contributed by atoms with Crippen molar-refractivity contribution in [1.82, 2.24) is 9.47 Å². The van der Waals surface area contributed by atoms with Crippen LogP contribution in [0, 0.1) is 5.92 Å². The summed E-state index contributed by atoms with van der Waals surface area (Å²) >= 11 is 0. The first-order valence-electron chi connectivity index (χ1n) is 7.05. The summed E-state index contributed by atoms with van der Waals surface area (Å²) in [4.78, 5) is 14.2. The Balaban J connectivity index is 1.84. The molecule has 0 bridgehead atoms. The highest BCUT2D eigenvalue weighted by Crippen LogP contribution is 2.33. The zero-order valence-electron chi connectivity index (χ0n) is 11.9. The molecule has 3 rings (SSSR count). The van der Waals surface area contributed by atoms with Gasteiger partial charge < -0.3 is 14.6 Å². The fourth-order valence-corrected chi connectivity index (χ4v) is 2.69. The normalized spacial score (nSPS) is 16.4. The smallest absolute Gasteiger partial charge is 0.254 e. The lowest BCUT2D eigenvalue weighted by molar-refractivity contribution is 0.0647. The van der Waals surface area contributed by atoms with Crippen molar-refractivity contribution in [1.29, 1.82) is 0 Å². The second kappa shape index (κ2) is 4.94. The molecule has 20 heavy (non-hydrogen) atoms. The number of aryl methyl sites for hydroxylation is 1. The number of nitrogens with zero attached hydrogens (tertiary/aromatic N) is 2. The number of aliphatic hydroxyl groups is 1. The van der Waals surface area contributed by atoms with Gasteiger partial charge in [0.05, 0.1) is 6.10 Å². The third-order valence-corrected chi connectivity index (χ3v) is 4.13. The van der Waals surface area contributed by atoms with Crippen molar-refractivity contribution in [3.8, 4) is 0 Å². The zero-order valence-corrected chi connectivity index (χ0v) is 11.9. The average molecular weight is 272 g/mol. The first-order chi connectivity index (χ1) is 9.58. The quantitative estimate of drug-likeness (QED) is 0.925. The maximum absolute atomic E-state index is 12.6. The summed E-state index contributed by atoms with van der Waals surface area (Å²) in [5.41, 5.74) is 1.75. The van der Waals surface area contributed by atoms with Gasteiger partial charge in [0.25, 0.3) is 5.91 Å². The molecule has 1 aromatic heterocycles. The monoisotopic (exact) mass is 272 g/mol. The lowest BCUT2D eigenvalue weighted by Crippen LogP contribution is -2.35. The second-order valence-corrected chi connectivity index (χ2v) is 5.76. The van der Waals surface area contributed by atoms with E-state index in [1.165, 1.54) is 0 Å². The van der Waals surface area contributed by atoms with Crippen molar-refractivity contribution in [2.45, 2.75) is 18.9 Å². The minimum atomic E-state index is -0.390. The van der Waals surface area contributed by atoms with Gasteiger partial charge in [0.2, 0.25) is 0 Å². The number of aliphatic hydroxyl groups excluding tert-OH is 1. The molecule has 1 N–H and O–H groups in total. The zero-order chi connectivity index (χ0) is 14.3. The number of carbonyl (C=O) groups excluding carboxylic acids is 1. The highest BCUT2D eigenvalue weighted by molar-refractivity contribution is 6.06. The number of benzene rings is 1. The van der Waals surface area contributed by atoms with Crippen molar-refractivity contribution in [3.63, 3.8) is 0 Å². The van der Waals surface area contributed by atoms with E-state index >= 15 is 0 Å². The minimum absolute atomic E-state index is 0.0264. The van der Waals surface area contributed by atoms with E-state index in [2.05, 4.69) is 0 Å². The number of likely N-dealkylation sites (N-methyl/N-ethyl adjacent to an activating group) is 1. The average Bonchev–Trinajstić information content (AvgIpc) is 3.22. The van der Waals surface area contributed by atoms with Crippen LogP contribution >= 0.6 is 0 Å². The van der Waals surface area contributed by atoms with E-state index in [-0.39, 0.29) is 12.0 Å². The fourth-order valence-electron chi connectivity index (χ4n) is 2.69. The molecule has 4 heteroatoms. The molecule has 4 nitrogen and oxygen atoms in total. The number of fused-ring (bicyclic) bond motifs is 1. The van der Waals surface area contributed by atoms with E-state index in [1.807, 2.05) is 42.1 Å². The molecule has 1 unspecified atom stereocenters. The highest BCUT2D eigenvalue weighted by atomic mass is 16.3. The Morgan fingerprint density at radius 1 is 1.45 bits per heavy atom. The molecule has 1 amide bonds. The molecular weight excluding hydrogens is 252 g/mol. The predicted molar refractivity (Wildman–Crippen MR) is 78.6 cm³/mol. The van der Waals surface area contributed by atoms with Gasteiger partial charge in [-0.05, 0) is 37.0 Å². The third kappa shape index (κ3) is 2.31. The van der Waals surface area contributed by atoms with Crippen molar-refractivity contribution in [2.24, 2.45) is 13.0 Å². The third-order valence-electron chi connectivity index (χ3n) is 4.13. The maximum atomic E-state index is 12.6. The second-order valence-electron chi connectivity index (χ2n) is 5.76. The summed E-state index contributed by atoms with van der Waals surface area (Å²) in [5, 5.41) is 10.9. The number of hydrogen-bond acceptors (Lipinski definition) is 2. The van der Waals surface area contributed by atoms with E-state index in [9.17, 15) is 9.90 Å². The van der Waals surface area contributed by atoms with Crippen molar-refractivity contribution in [3.05, 3.63) is 36.0 Å². The molecule has 1 aliphatic rings. The van der Waals surface area contributed by atoms with Gasteiger partial charge >= 0.3 is 0 Å². The Morgan fingerprint density at radius 2 is 2.20 bits per heavy atom. The Hall–Kier alpha value is -1.81. The van der Waals surface area contributed by atoms with Gasteiger partial charge in [0.15, 0.2) is 0 Å². The Morgan fingerprint density at radius 3 is 2.90 bits per heavy atom. The lowest BCUT2D eigenvalue weighted by atomic mass is 10.1. The van der Waals surface area contributed by atoms with Crippen LogP contribution in [0.5, 0.6) is 0 Å². The molecule has 0 saturated heterocycles. The molecule has 0 radical (unpaired) electrons. The van der Waals surface area contributed by atoms with Gasteiger partial charge in [-0.15, -0.1) is 0 Å². The maximum Gasteiger partial charge on any atom is 0.254 e. The summed E-state index contributed by atoms with van der Waals surface area (Å²) in [5.74, 6) is 0.360. The van der Waals surface area contributed by atoms with Crippen LogP contribution in [0.4, 0.5) is 0 Å². The largest absolute Gasteiger partial charge is 0.391 e. The summed E-state index contributed by atoms with van der Waals surface area (Å²) in [6.45, 7) is 0.409. The van der Waals surface area contributed by atoms with Crippen LogP contribution in [-0.4, -0.2) is 40.2 Å². The van der Waals surface area contributed by atoms with Crippen molar-refractivity contribution < 1.29 is 9.90 Å². The summed E-state index contributed by atoms with van der Waals surface area (Å²) in [7, 11) is 3.73. The Labute approximate surface area is 118 Å². The van der Waals surface area contributed by atoms with Crippen LogP contribution in [0.25, 0.3) is 10.9 Å². The van der Waals surface area contributed by atoms with Gasteiger partial charge in [-0.3, -0.25) is 4.79 Å². The van der Waals surface area contributed by atoms with Crippen LogP contribution in [-0.2, 0) is 7.05 Å². The molecule has 0 aliphatic heterocycles. The highest BCUT2D eigenvalue weighted by Gasteiger charge is 2.31.